The van der Waals surface area contributed by atoms with E-state index in [-0.39, 0.29) is 0 Å². The van der Waals surface area contributed by atoms with Gasteiger partial charge in [0.05, 0.1) is 17.1 Å². The van der Waals surface area contributed by atoms with Crippen molar-refractivity contribution in [3.05, 3.63) is 64.3 Å². The van der Waals surface area contributed by atoms with E-state index >= 15 is 0 Å². The first-order valence-electron chi connectivity index (χ1n) is 5.99. The standard InChI is InChI=1S/C16H9BrN2O/c17-15-9-19(13-3-1-2-11(6-13)8-18)16-5-4-12(10-20)7-14(15)16/h1-7,9-10H. The van der Waals surface area contributed by atoms with E-state index in [1.54, 1.807) is 12.1 Å². The molecular weight excluding hydrogens is 316 g/mol. The van der Waals surface area contributed by atoms with Gasteiger partial charge in [-0.2, -0.15) is 5.26 Å². The summed E-state index contributed by atoms with van der Waals surface area (Å²) in [6, 6.07) is 15.1. The summed E-state index contributed by atoms with van der Waals surface area (Å²) in [6.07, 6.45) is 2.77. The van der Waals surface area contributed by atoms with E-state index in [9.17, 15) is 4.79 Å². The summed E-state index contributed by atoms with van der Waals surface area (Å²) < 4.78 is 2.91. The topological polar surface area (TPSA) is 45.8 Å². The second-order valence-corrected chi connectivity index (χ2v) is 5.26. The SMILES string of the molecule is N#Cc1cccc(-n2cc(Br)c3cc(C=O)ccc32)c1. The molecule has 0 aliphatic heterocycles. The van der Waals surface area contributed by atoms with E-state index in [0.29, 0.717) is 11.1 Å². The lowest BCUT2D eigenvalue weighted by molar-refractivity contribution is 0.112. The molecule has 1 aromatic heterocycles. The Morgan fingerprint density at radius 2 is 2.05 bits per heavy atom. The highest BCUT2D eigenvalue weighted by atomic mass is 79.9. The molecule has 0 radical (unpaired) electrons. The second-order valence-electron chi connectivity index (χ2n) is 4.40. The van der Waals surface area contributed by atoms with Crippen LogP contribution in [0, 0.1) is 11.3 Å². The Morgan fingerprint density at radius 1 is 1.20 bits per heavy atom. The summed E-state index contributed by atoms with van der Waals surface area (Å²) in [4.78, 5) is 10.9. The van der Waals surface area contributed by atoms with E-state index in [2.05, 4.69) is 22.0 Å². The number of nitriles is 1. The van der Waals surface area contributed by atoms with Crippen molar-refractivity contribution in [2.24, 2.45) is 0 Å². The maximum absolute atomic E-state index is 10.9. The molecule has 3 rings (SSSR count). The van der Waals surface area contributed by atoms with Crippen molar-refractivity contribution in [2.45, 2.75) is 0 Å². The third-order valence-corrected chi connectivity index (χ3v) is 3.80. The molecule has 0 N–H and O–H groups in total. The number of halogens is 1. The van der Waals surface area contributed by atoms with Gasteiger partial charge in [0.15, 0.2) is 0 Å². The summed E-state index contributed by atoms with van der Waals surface area (Å²) in [7, 11) is 0. The van der Waals surface area contributed by atoms with Crippen LogP contribution in [0.5, 0.6) is 0 Å². The van der Waals surface area contributed by atoms with Gasteiger partial charge in [-0.1, -0.05) is 6.07 Å². The maximum Gasteiger partial charge on any atom is 0.150 e. The summed E-state index contributed by atoms with van der Waals surface area (Å²) in [5.74, 6) is 0. The number of carbonyl (C=O) groups excluding carboxylic acids is 1. The average molecular weight is 325 g/mol. The van der Waals surface area contributed by atoms with Crippen LogP contribution in [-0.4, -0.2) is 10.9 Å². The summed E-state index contributed by atoms with van der Waals surface area (Å²) in [6.45, 7) is 0. The minimum Gasteiger partial charge on any atom is -0.315 e. The van der Waals surface area contributed by atoms with Crippen LogP contribution in [0.4, 0.5) is 0 Å². The fourth-order valence-corrected chi connectivity index (χ4v) is 2.74. The summed E-state index contributed by atoms with van der Waals surface area (Å²) in [5.41, 5.74) is 3.16. The van der Waals surface area contributed by atoms with Crippen LogP contribution in [0.2, 0.25) is 0 Å². The fraction of sp³-hybridized carbons (Fsp3) is 0. The van der Waals surface area contributed by atoms with E-state index in [1.807, 2.05) is 41.1 Å². The molecule has 0 fully saturated rings. The maximum atomic E-state index is 10.9. The highest BCUT2D eigenvalue weighted by molar-refractivity contribution is 9.10. The molecule has 3 aromatic rings. The molecule has 4 heteroatoms. The van der Waals surface area contributed by atoms with Gasteiger partial charge in [-0.25, -0.2) is 0 Å². The van der Waals surface area contributed by atoms with Crippen molar-refractivity contribution in [3.8, 4) is 11.8 Å². The predicted molar refractivity (Wildman–Crippen MR) is 81.1 cm³/mol. The van der Waals surface area contributed by atoms with Crippen molar-refractivity contribution in [3.63, 3.8) is 0 Å². The van der Waals surface area contributed by atoms with Gasteiger partial charge in [-0.15, -0.1) is 0 Å². The first-order chi connectivity index (χ1) is 9.72. The van der Waals surface area contributed by atoms with Crippen LogP contribution in [0.25, 0.3) is 16.6 Å². The van der Waals surface area contributed by atoms with Crippen molar-refractivity contribution in [2.75, 3.05) is 0 Å². The molecule has 0 aliphatic rings. The lowest BCUT2D eigenvalue weighted by Crippen LogP contribution is -1.92. The number of carbonyl (C=O) groups is 1. The minimum atomic E-state index is 0.616. The number of aromatic nitrogens is 1. The largest absolute Gasteiger partial charge is 0.315 e. The summed E-state index contributed by atoms with van der Waals surface area (Å²) >= 11 is 3.51. The molecule has 0 spiro atoms. The Hall–Kier alpha value is -2.38. The van der Waals surface area contributed by atoms with Gasteiger partial charge in [0, 0.05) is 27.3 Å². The molecular formula is C16H9BrN2O. The van der Waals surface area contributed by atoms with Crippen LogP contribution >= 0.6 is 15.9 Å². The Balaban J connectivity index is 2.26. The molecule has 3 nitrogen and oxygen atoms in total. The third-order valence-electron chi connectivity index (χ3n) is 3.17. The van der Waals surface area contributed by atoms with Crippen molar-refractivity contribution < 1.29 is 4.79 Å². The molecule has 0 bridgehead atoms. The predicted octanol–water partition coefficient (Wildman–Crippen LogP) is 4.08. The first kappa shape index (κ1) is 12.6. The Labute approximate surface area is 124 Å². The molecule has 2 aromatic carbocycles. The molecule has 20 heavy (non-hydrogen) atoms. The molecule has 0 saturated heterocycles. The lowest BCUT2D eigenvalue weighted by Gasteiger charge is -2.05. The normalized spacial score (nSPS) is 10.4. The highest BCUT2D eigenvalue weighted by Gasteiger charge is 2.09. The lowest BCUT2D eigenvalue weighted by atomic mass is 10.1. The van der Waals surface area contributed by atoms with Gasteiger partial charge >= 0.3 is 0 Å². The minimum absolute atomic E-state index is 0.616. The van der Waals surface area contributed by atoms with Gasteiger partial charge in [0.1, 0.15) is 6.29 Å². The number of aldehydes is 1. The van der Waals surface area contributed by atoms with Crippen LogP contribution in [0.3, 0.4) is 0 Å². The molecule has 0 saturated carbocycles. The number of nitrogens with zero attached hydrogens (tertiary/aromatic N) is 2. The van der Waals surface area contributed by atoms with Crippen molar-refractivity contribution in [1.82, 2.24) is 4.57 Å². The van der Waals surface area contributed by atoms with Gasteiger partial charge in [-0.3, -0.25) is 4.79 Å². The van der Waals surface area contributed by atoms with E-state index < -0.39 is 0 Å². The van der Waals surface area contributed by atoms with Gasteiger partial charge < -0.3 is 4.57 Å². The number of benzene rings is 2. The van der Waals surface area contributed by atoms with Crippen LogP contribution in [-0.2, 0) is 0 Å². The summed E-state index contributed by atoms with van der Waals surface area (Å²) in [5, 5.41) is 9.96. The van der Waals surface area contributed by atoms with Gasteiger partial charge in [0.25, 0.3) is 0 Å². The van der Waals surface area contributed by atoms with Crippen LogP contribution in [0.1, 0.15) is 15.9 Å². The zero-order valence-corrected chi connectivity index (χ0v) is 12.0. The van der Waals surface area contributed by atoms with Crippen LogP contribution < -0.4 is 0 Å². The van der Waals surface area contributed by atoms with Crippen molar-refractivity contribution in [1.29, 1.82) is 5.26 Å². The molecule has 0 atom stereocenters. The van der Waals surface area contributed by atoms with Gasteiger partial charge in [0.2, 0.25) is 0 Å². The molecule has 96 valence electrons. The number of hydrogen-bond acceptors (Lipinski definition) is 2. The Morgan fingerprint density at radius 3 is 2.80 bits per heavy atom. The highest BCUT2D eigenvalue weighted by Crippen LogP contribution is 2.29. The van der Waals surface area contributed by atoms with E-state index in [1.165, 1.54) is 0 Å². The number of hydrogen-bond donors (Lipinski definition) is 0. The monoisotopic (exact) mass is 324 g/mol. The number of fused-ring (bicyclic) bond motifs is 1. The fourth-order valence-electron chi connectivity index (χ4n) is 2.22. The zero-order chi connectivity index (χ0) is 14.1. The molecule has 0 aliphatic carbocycles. The zero-order valence-electron chi connectivity index (χ0n) is 10.4. The Bertz CT molecular complexity index is 859. The average Bonchev–Trinajstić information content (AvgIpc) is 2.84. The second kappa shape index (κ2) is 4.95. The number of rotatable bonds is 2. The van der Waals surface area contributed by atoms with Crippen LogP contribution in [0.15, 0.2) is 53.1 Å². The Kier molecular flexibility index (Phi) is 3.13. The quantitative estimate of drug-likeness (QED) is 0.667. The smallest absolute Gasteiger partial charge is 0.150 e. The molecule has 0 amide bonds. The molecule has 1 heterocycles. The van der Waals surface area contributed by atoms with E-state index in [0.717, 1.165) is 27.3 Å². The van der Waals surface area contributed by atoms with E-state index in [4.69, 9.17) is 5.26 Å². The third kappa shape index (κ3) is 2.02. The molecule has 0 unspecified atom stereocenters. The first-order valence-corrected chi connectivity index (χ1v) is 6.78. The van der Waals surface area contributed by atoms with Gasteiger partial charge in [-0.05, 0) is 52.3 Å². The van der Waals surface area contributed by atoms with Crippen molar-refractivity contribution >= 4 is 33.1 Å².